The molecule has 0 N–H and O–H groups in total. The van der Waals surface area contributed by atoms with Gasteiger partial charge >= 0.3 is 0 Å². The number of aromatic nitrogens is 3. The zero-order chi connectivity index (χ0) is 34.2. The van der Waals surface area contributed by atoms with Gasteiger partial charge in [0, 0.05) is 32.8 Å². The van der Waals surface area contributed by atoms with Gasteiger partial charge in [0.15, 0.2) is 0 Å². The highest BCUT2D eigenvalue weighted by Crippen LogP contribution is 2.45. The Morgan fingerprint density at radius 1 is 0.346 bits per heavy atom. The number of nitrogens with zero attached hydrogens (tertiary/aromatic N) is 3. The van der Waals surface area contributed by atoms with Crippen molar-refractivity contribution in [3.8, 4) is 33.9 Å². The quantitative estimate of drug-likeness (QED) is 0.172. The third kappa shape index (κ3) is 4.17. The molecule has 0 aliphatic rings. The number of imidazole rings is 1. The average molecular weight is 662 g/mol. The van der Waals surface area contributed by atoms with Gasteiger partial charge in [-0.1, -0.05) is 140 Å². The molecule has 11 rings (SSSR count). The lowest BCUT2D eigenvalue weighted by molar-refractivity contribution is 1.11. The van der Waals surface area contributed by atoms with E-state index in [1.807, 2.05) is 0 Å². The Labute approximate surface area is 300 Å². The van der Waals surface area contributed by atoms with E-state index in [0.29, 0.717) is 0 Å². The van der Waals surface area contributed by atoms with E-state index in [-0.39, 0.29) is 0 Å². The van der Waals surface area contributed by atoms with Crippen LogP contribution in [0.3, 0.4) is 0 Å². The topological polar surface area (TPSA) is 22.8 Å². The molecule has 3 nitrogen and oxygen atoms in total. The maximum absolute atomic E-state index is 5.38. The molecule has 0 atom stereocenters. The summed E-state index contributed by atoms with van der Waals surface area (Å²) >= 11 is 0. The molecule has 0 amide bonds. The Bertz CT molecular complexity index is 3170. The van der Waals surface area contributed by atoms with Crippen LogP contribution in [0.15, 0.2) is 188 Å². The average Bonchev–Trinajstić information content (AvgIpc) is 3.77. The Hall–Kier alpha value is -6.97. The van der Waals surface area contributed by atoms with Crippen molar-refractivity contribution >= 4 is 65.2 Å². The number of rotatable bonds is 4. The van der Waals surface area contributed by atoms with Gasteiger partial charge in [-0.25, -0.2) is 4.98 Å². The molecule has 0 fully saturated rings. The summed E-state index contributed by atoms with van der Waals surface area (Å²) in [6.45, 7) is 0. The van der Waals surface area contributed by atoms with Crippen molar-refractivity contribution in [2.24, 2.45) is 0 Å². The molecule has 9 aromatic carbocycles. The van der Waals surface area contributed by atoms with Gasteiger partial charge in [0.2, 0.25) is 0 Å². The van der Waals surface area contributed by atoms with E-state index in [4.69, 9.17) is 4.98 Å². The van der Waals surface area contributed by atoms with E-state index in [1.54, 1.807) is 0 Å². The van der Waals surface area contributed by atoms with Crippen molar-refractivity contribution in [1.29, 1.82) is 0 Å². The van der Waals surface area contributed by atoms with E-state index >= 15 is 0 Å². The summed E-state index contributed by atoms with van der Waals surface area (Å²) < 4.78 is 4.80. The Balaban J connectivity index is 1.31. The molecule has 0 unspecified atom stereocenters. The smallest absolute Gasteiger partial charge is 0.146 e. The van der Waals surface area contributed by atoms with E-state index in [2.05, 4.69) is 197 Å². The fraction of sp³-hybridized carbons (Fsp3) is 0. The minimum Gasteiger partial charge on any atom is -0.309 e. The highest BCUT2D eigenvalue weighted by molar-refractivity contribution is 6.30. The molecule has 242 valence electrons. The summed E-state index contributed by atoms with van der Waals surface area (Å²) in [7, 11) is 0. The summed E-state index contributed by atoms with van der Waals surface area (Å²) in [6, 6.07) is 67.9. The number of hydrogen-bond donors (Lipinski definition) is 0. The van der Waals surface area contributed by atoms with Gasteiger partial charge in [-0.15, -0.1) is 0 Å². The van der Waals surface area contributed by atoms with Gasteiger partial charge in [-0.2, -0.15) is 0 Å². The lowest BCUT2D eigenvalue weighted by Gasteiger charge is -2.19. The second kappa shape index (κ2) is 11.3. The summed E-state index contributed by atoms with van der Waals surface area (Å²) in [5.41, 5.74) is 10.2. The Kier molecular flexibility index (Phi) is 6.25. The van der Waals surface area contributed by atoms with Gasteiger partial charge < -0.3 is 4.57 Å². The van der Waals surface area contributed by atoms with Gasteiger partial charge in [0.05, 0.1) is 27.8 Å². The van der Waals surface area contributed by atoms with E-state index in [9.17, 15) is 0 Å². The molecule has 0 spiro atoms. The van der Waals surface area contributed by atoms with Crippen LogP contribution in [0.25, 0.3) is 99.0 Å². The first-order chi connectivity index (χ1) is 25.8. The number of benzene rings is 9. The van der Waals surface area contributed by atoms with Crippen LogP contribution in [-0.4, -0.2) is 14.1 Å². The predicted octanol–water partition coefficient (Wildman–Crippen LogP) is 12.9. The Morgan fingerprint density at radius 2 is 0.942 bits per heavy atom. The van der Waals surface area contributed by atoms with Crippen molar-refractivity contribution in [3.63, 3.8) is 0 Å². The van der Waals surface area contributed by atoms with Gasteiger partial charge in [0.1, 0.15) is 5.82 Å². The molecule has 0 bridgehead atoms. The van der Waals surface area contributed by atoms with Crippen molar-refractivity contribution in [2.75, 3.05) is 0 Å². The molecule has 2 heterocycles. The highest BCUT2D eigenvalue weighted by atomic mass is 15.1. The second-order valence-corrected chi connectivity index (χ2v) is 13.5. The third-order valence-electron chi connectivity index (χ3n) is 10.7. The van der Waals surface area contributed by atoms with Crippen LogP contribution in [0, 0.1) is 0 Å². The maximum Gasteiger partial charge on any atom is 0.146 e. The Morgan fingerprint density at radius 3 is 1.73 bits per heavy atom. The van der Waals surface area contributed by atoms with Gasteiger partial charge in [-0.05, 0) is 81.2 Å². The summed E-state index contributed by atoms with van der Waals surface area (Å²) in [5, 5.41) is 9.82. The van der Waals surface area contributed by atoms with Crippen LogP contribution < -0.4 is 0 Å². The first-order valence-electron chi connectivity index (χ1n) is 17.8. The lowest BCUT2D eigenvalue weighted by Crippen LogP contribution is -2.00. The van der Waals surface area contributed by atoms with Crippen LogP contribution in [0.1, 0.15) is 0 Å². The minimum atomic E-state index is 0.930. The van der Waals surface area contributed by atoms with Gasteiger partial charge in [0.25, 0.3) is 0 Å². The fourth-order valence-electron chi connectivity index (χ4n) is 8.49. The van der Waals surface area contributed by atoms with E-state index in [0.717, 1.165) is 33.8 Å². The zero-order valence-corrected chi connectivity index (χ0v) is 28.2. The standard InChI is InChI=1S/C49H31N3/c1-3-15-32(16-4-1)33-29-30-44-41(31-33)37-21-9-11-26-43(37)52(44)46-28-14-23-39-36-20-8-7-19-35(36)38-22-13-24-40(47(38)48(39)46)49-50-42-25-10-12-27-45(42)51(49)34-17-5-2-6-18-34/h1-31H. The molecule has 0 aliphatic heterocycles. The molecular weight excluding hydrogens is 631 g/mol. The SMILES string of the molecule is c1ccc(-c2ccc3c(c2)c2ccccc2n3-c2cccc3c4ccccc4c4cccc(-c5nc6ccccc6n5-c5ccccc5)c4c23)cc1. The minimum absolute atomic E-state index is 0.930. The monoisotopic (exact) mass is 661 g/mol. The van der Waals surface area contributed by atoms with Gasteiger partial charge in [-0.3, -0.25) is 4.57 Å². The number of para-hydroxylation sites is 4. The van der Waals surface area contributed by atoms with Crippen LogP contribution in [0.5, 0.6) is 0 Å². The van der Waals surface area contributed by atoms with Crippen molar-refractivity contribution in [2.45, 2.75) is 0 Å². The van der Waals surface area contributed by atoms with Crippen molar-refractivity contribution in [1.82, 2.24) is 14.1 Å². The largest absolute Gasteiger partial charge is 0.309 e. The van der Waals surface area contributed by atoms with E-state index < -0.39 is 0 Å². The molecular formula is C49H31N3. The molecule has 0 radical (unpaired) electrons. The van der Waals surface area contributed by atoms with Crippen molar-refractivity contribution in [3.05, 3.63) is 188 Å². The molecule has 2 aromatic heterocycles. The highest BCUT2D eigenvalue weighted by Gasteiger charge is 2.22. The van der Waals surface area contributed by atoms with Crippen molar-refractivity contribution < 1.29 is 0 Å². The zero-order valence-electron chi connectivity index (χ0n) is 28.2. The van der Waals surface area contributed by atoms with Crippen LogP contribution in [0.2, 0.25) is 0 Å². The fourth-order valence-corrected chi connectivity index (χ4v) is 8.49. The molecule has 0 saturated carbocycles. The molecule has 52 heavy (non-hydrogen) atoms. The summed E-state index contributed by atoms with van der Waals surface area (Å²) in [6.07, 6.45) is 0. The first kappa shape index (κ1) is 28.8. The number of hydrogen-bond acceptors (Lipinski definition) is 1. The van der Waals surface area contributed by atoms with Crippen LogP contribution in [0.4, 0.5) is 0 Å². The maximum atomic E-state index is 5.38. The molecule has 0 aliphatic carbocycles. The lowest BCUT2D eigenvalue weighted by atomic mass is 9.90. The summed E-state index contributed by atoms with van der Waals surface area (Å²) in [4.78, 5) is 5.38. The third-order valence-corrected chi connectivity index (χ3v) is 10.7. The normalized spacial score (nSPS) is 11.8. The van der Waals surface area contributed by atoms with Crippen LogP contribution >= 0.6 is 0 Å². The molecule has 0 saturated heterocycles. The number of fused-ring (bicyclic) bond motifs is 10. The van der Waals surface area contributed by atoms with E-state index in [1.165, 1.54) is 65.3 Å². The first-order valence-corrected chi connectivity index (χ1v) is 17.8. The summed E-state index contributed by atoms with van der Waals surface area (Å²) in [5.74, 6) is 0.930. The van der Waals surface area contributed by atoms with Crippen LogP contribution in [-0.2, 0) is 0 Å². The molecule has 3 heteroatoms. The predicted molar refractivity (Wildman–Crippen MR) is 219 cm³/mol. The second-order valence-electron chi connectivity index (χ2n) is 13.5. The molecule has 11 aromatic rings.